The summed E-state index contributed by atoms with van der Waals surface area (Å²) in [6.45, 7) is 5.04. The van der Waals surface area contributed by atoms with Crippen LogP contribution in [0.4, 0.5) is 0 Å². The summed E-state index contributed by atoms with van der Waals surface area (Å²) in [5.74, 6) is 0. The highest BCUT2D eigenvalue weighted by molar-refractivity contribution is 7.11. The smallest absolute Gasteiger partial charge is 0.0642 e. The summed E-state index contributed by atoms with van der Waals surface area (Å²) >= 11 is 7.63. The lowest BCUT2D eigenvalue weighted by atomic mass is 10.2. The fourth-order valence-corrected chi connectivity index (χ4v) is 3.07. The first-order valence-corrected chi connectivity index (χ1v) is 8.34. The fourth-order valence-electron chi connectivity index (χ4n) is 2.36. The summed E-state index contributed by atoms with van der Waals surface area (Å²) in [4.78, 5) is 3.67. The van der Waals surface area contributed by atoms with Gasteiger partial charge in [-0.25, -0.2) is 0 Å². The molecule has 0 bridgehead atoms. The van der Waals surface area contributed by atoms with Crippen molar-refractivity contribution < 1.29 is 0 Å². The zero-order valence-corrected chi connectivity index (χ0v) is 13.4. The molecule has 0 atom stereocenters. The molecule has 1 aliphatic rings. The molecular weight excluding hydrogens is 302 g/mol. The first-order valence-electron chi connectivity index (χ1n) is 7.09. The van der Waals surface area contributed by atoms with Crippen LogP contribution >= 0.6 is 22.9 Å². The molecule has 0 aliphatic carbocycles. The van der Waals surface area contributed by atoms with Crippen LogP contribution in [-0.4, -0.2) is 42.3 Å². The van der Waals surface area contributed by atoms with Crippen molar-refractivity contribution >= 4 is 29.2 Å². The molecule has 0 unspecified atom stereocenters. The van der Waals surface area contributed by atoms with E-state index in [-0.39, 0.29) is 0 Å². The summed E-state index contributed by atoms with van der Waals surface area (Å²) in [5, 5.41) is 9.58. The second-order valence-electron chi connectivity index (χ2n) is 5.12. The van der Waals surface area contributed by atoms with Gasteiger partial charge in [0.2, 0.25) is 0 Å². The van der Waals surface area contributed by atoms with Gasteiger partial charge in [0, 0.05) is 42.6 Å². The molecule has 21 heavy (non-hydrogen) atoms. The lowest BCUT2D eigenvalue weighted by Crippen LogP contribution is -2.43. The molecular formula is C16H18ClN3S. The van der Waals surface area contributed by atoms with Crippen molar-refractivity contribution in [3.63, 3.8) is 0 Å². The largest absolute Gasteiger partial charge is 0.295 e. The van der Waals surface area contributed by atoms with Crippen molar-refractivity contribution in [2.24, 2.45) is 5.10 Å². The molecule has 1 aromatic carbocycles. The van der Waals surface area contributed by atoms with Gasteiger partial charge in [0.15, 0.2) is 0 Å². The van der Waals surface area contributed by atoms with Gasteiger partial charge in [-0.1, -0.05) is 29.8 Å². The van der Waals surface area contributed by atoms with Gasteiger partial charge in [0.1, 0.15) is 0 Å². The minimum Gasteiger partial charge on any atom is -0.295 e. The van der Waals surface area contributed by atoms with Crippen LogP contribution in [0.15, 0.2) is 46.9 Å². The van der Waals surface area contributed by atoms with Crippen LogP contribution < -0.4 is 0 Å². The second-order valence-corrected chi connectivity index (χ2v) is 6.53. The van der Waals surface area contributed by atoms with Crippen molar-refractivity contribution in [1.29, 1.82) is 0 Å². The highest BCUT2D eigenvalue weighted by Crippen LogP contribution is 2.13. The highest BCUT2D eigenvalue weighted by atomic mass is 35.5. The number of hydrogen-bond acceptors (Lipinski definition) is 4. The van der Waals surface area contributed by atoms with Gasteiger partial charge in [0.25, 0.3) is 0 Å². The molecule has 1 saturated heterocycles. The maximum Gasteiger partial charge on any atom is 0.0642 e. The Bertz CT molecular complexity index is 572. The van der Waals surface area contributed by atoms with Crippen LogP contribution in [0.2, 0.25) is 5.02 Å². The van der Waals surface area contributed by atoms with E-state index in [1.165, 1.54) is 10.4 Å². The Hall–Kier alpha value is -1.36. The Morgan fingerprint density at radius 2 is 1.86 bits per heavy atom. The van der Waals surface area contributed by atoms with E-state index in [1.54, 1.807) is 11.3 Å². The lowest BCUT2D eigenvalue weighted by Gasteiger charge is -2.33. The van der Waals surface area contributed by atoms with E-state index in [0.717, 1.165) is 37.7 Å². The second kappa shape index (κ2) is 7.07. The Balaban J connectivity index is 1.47. The Morgan fingerprint density at radius 3 is 2.52 bits per heavy atom. The first-order chi connectivity index (χ1) is 10.3. The predicted octanol–water partition coefficient (Wildman–Crippen LogP) is 3.55. The van der Waals surface area contributed by atoms with E-state index in [0.29, 0.717) is 0 Å². The number of rotatable bonds is 4. The fraction of sp³-hybridized carbons (Fsp3) is 0.312. The number of hydrazone groups is 1. The van der Waals surface area contributed by atoms with Crippen molar-refractivity contribution in [3.8, 4) is 0 Å². The SMILES string of the molecule is Clc1ccc(CN2CCN(/N=C\c3cccs3)CC2)cc1. The average Bonchev–Trinajstić information content (AvgIpc) is 3.02. The van der Waals surface area contributed by atoms with Crippen LogP contribution in [0, 0.1) is 0 Å². The number of benzene rings is 1. The van der Waals surface area contributed by atoms with E-state index >= 15 is 0 Å². The van der Waals surface area contributed by atoms with Gasteiger partial charge in [-0.2, -0.15) is 5.10 Å². The summed E-state index contributed by atoms with van der Waals surface area (Å²) in [6, 6.07) is 12.3. The van der Waals surface area contributed by atoms with Gasteiger partial charge < -0.3 is 0 Å². The number of hydrogen-bond donors (Lipinski definition) is 0. The van der Waals surface area contributed by atoms with E-state index in [9.17, 15) is 0 Å². The van der Waals surface area contributed by atoms with E-state index in [2.05, 4.69) is 44.7 Å². The van der Waals surface area contributed by atoms with Crippen molar-refractivity contribution in [2.45, 2.75) is 6.54 Å². The first kappa shape index (κ1) is 14.6. The molecule has 1 aromatic heterocycles. The van der Waals surface area contributed by atoms with E-state index in [4.69, 9.17) is 11.6 Å². The summed E-state index contributed by atoms with van der Waals surface area (Å²) in [6.07, 6.45) is 1.96. The lowest BCUT2D eigenvalue weighted by molar-refractivity contribution is 0.131. The maximum absolute atomic E-state index is 5.92. The molecule has 3 nitrogen and oxygen atoms in total. The third-order valence-electron chi connectivity index (χ3n) is 3.56. The van der Waals surface area contributed by atoms with Gasteiger partial charge in [-0.3, -0.25) is 9.91 Å². The Kier molecular flexibility index (Phi) is 4.91. The maximum atomic E-state index is 5.92. The molecule has 1 fully saturated rings. The van der Waals surface area contributed by atoms with Crippen molar-refractivity contribution in [3.05, 3.63) is 57.2 Å². The number of piperazine rings is 1. The molecule has 0 saturated carbocycles. The summed E-state index contributed by atoms with van der Waals surface area (Å²) in [5.41, 5.74) is 1.31. The number of halogens is 1. The third kappa shape index (κ3) is 4.30. The van der Waals surface area contributed by atoms with Gasteiger partial charge in [0.05, 0.1) is 6.21 Å². The molecule has 0 amide bonds. The topological polar surface area (TPSA) is 18.8 Å². The monoisotopic (exact) mass is 319 g/mol. The molecule has 1 aliphatic heterocycles. The number of nitrogens with zero attached hydrogens (tertiary/aromatic N) is 3. The van der Waals surface area contributed by atoms with Crippen molar-refractivity contribution in [2.75, 3.05) is 26.2 Å². The third-order valence-corrected chi connectivity index (χ3v) is 4.62. The number of thiophene rings is 1. The minimum absolute atomic E-state index is 0.798. The minimum atomic E-state index is 0.798. The molecule has 2 heterocycles. The quantitative estimate of drug-likeness (QED) is 0.803. The Labute approximate surface area is 134 Å². The summed E-state index contributed by atoms with van der Waals surface area (Å²) in [7, 11) is 0. The molecule has 5 heteroatoms. The average molecular weight is 320 g/mol. The van der Waals surface area contributed by atoms with Crippen LogP contribution in [0.25, 0.3) is 0 Å². The zero-order chi connectivity index (χ0) is 14.5. The van der Waals surface area contributed by atoms with Crippen LogP contribution in [0.3, 0.4) is 0 Å². The highest BCUT2D eigenvalue weighted by Gasteiger charge is 2.15. The van der Waals surface area contributed by atoms with E-state index in [1.807, 2.05) is 18.3 Å². The van der Waals surface area contributed by atoms with Crippen molar-refractivity contribution in [1.82, 2.24) is 9.91 Å². The molecule has 110 valence electrons. The molecule has 2 aromatic rings. The van der Waals surface area contributed by atoms with Gasteiger partial charge >= 0.3 is 0 Å². The summed E-state index contributed by atoms with van der Waals surface area (Å²) < 4.78 is 0. The van der Waals surface area contributed by atoms with Gasteiger partial charge in [-0.15, -0.1) is 11.3 Å². The predicted molar refractivity (Wildman–Crippen MR) is 90.2 cm³/mol. The van der Waals surface area contributed by atoms with Gasteiger partial charge in [-0.05, 0) is 29.1 Å². The normalized spacial score (nSPS) is 16.7. The molecule has 0 spiro atoms. The van der Waals surface area contributed by atoms with Crippen LogP contribution in [0.5, 0.6) is 0 Å². The standard InChI is InChI=1S/C16H18ClN3S/c17-15-5-3-14(4-6-15)13-19-7-9-20(10-8-19)18-12-16-2-1-11-21-16/h1-6,11-12H,7-10,13H2/b18-12-. The van der Waals surface area contributed by atoms with E-state index < -0.39 is 0 Å². The van der Waals surface area contributed by atoms with Crippen LogP contribution in [-0.2, 0) is 6.54 Å². The Morgan fingerprint density at radius 1 is 1.10 bits per heavy atom. The molecule has 0 radical (unpaired) electrons. The molecule has 0 N–H and O–H groups in total. The molecule has 3 rings (SSSR count). The van der Waals surface area contributed by atoms with Crippen LogP contribution in [0.1, 0.15) is 10.4 Å². The zero-order valence-electron chi connectivity index (χ0n) is 11.8.